The van der Waals surface area contributed by atoms with Gasteiger partial charge in [-0.05, 0) is 49.7 Å². The predicted molar refractivity (Wildman–Crippen MR) is 109 cm³/mol. The molecule has 0 aliphatic rings. The minimum Gasteiger partial charge on any atom is -0.267 e. The van der Waals surface area contributed by atoms with Gasteiger partial charge in [-0.3, -0.25) is 20.4 Å². The van der Waals surface area contributed by atoms with E-state index in [0.29, 0.717) is 16.5 Å². The number of halogens is 1. The monoisotopic (exact) mass is 410 g/mol. The minimum absolute atomic E-state index is 0.145. The lowest BCUT2D eigenvalue weighted by Crippen LogP contribution is -2.41. The first-order valence-electron chi connectivity index (χ1n) is 8.81. The number of benzene rings is 2. The third-order valence-corrected chi connectivity index (χ3v) is 4.87. The molecule has 0 radical (unpaired) electrons. The van der Waals surface area contributed by atoms with Gasteiger partial charge >= 0.3 is 0 Å². The van der Waals surface area contributed by atoms with Crippen LogP contribution in [0.1, 0.15) is 37.7 Å². The Bertz CT molecular complexity index is 1020. The van der Waals surface area contributed by atoms with E-state index in [-0.39, 0.29) is 5.56 Å². The highest BCUT2D eigenvalue weighted by Gasteiger charge is 2.12. The second kappa shape index (κ2) is 9.29. The Kier molecular flexibility index (Phi) is 6.56. The maximum atomic E-state index is 13.6. The minimum atomic E-state index is -0.724. The van der Waals surface area contributed by atoms with Gasteiger partial charge in [0.05, 0.1) is 5.56 Å². The van der Waals surface area contributed by atoms with Crippen molar-refractivity contribution in [3.8, 4) is 0 Å². The molecular weight excluding hydrogens is 391 g/mol. The summed E-state index contributed by atoms with van der Waals surface area (Å²) in [6, 6.07) is 14.4. The van der Waals surface area contributed by atoms with Crippen LogP contribution >= 0.6 is 11.8 Å². The van der Waals surface area contributed by atoms with Crippen LogP contribution in [0.4, 0.5) is 4.39 Å². The number of rotatable bonds is 5. The standard InChI is InChI=1S/C21H19FN4O2S/c1-13-11-14(2)24-21(23-13)29-12-15-7-9-16(10-8-15)19(27)25-26-20(28)17-5-3-4-6-18(17)22/h3-11H,12H2,1-2H3,(H,25,27)(H,26,28). The van der Waals surface area contributed by atoms with Crippen molar-refractivity contribution < 1.29 is 14.0 Å². The SMILES string of the molecule is Cc1cc(C)nc(SCc2ccc(C(=O)NNC(=O)c3ccccc3F)cc2)n1. The third kappa shape index (κ3) is 5.61. The fourth-order valence-corrected chi connectivity index (χ4v) is 3.46. The number of aromatic nitrogens is 2. The number of hydrogen-bond donors (Lipinski definition) is 2. The maximum Gasteiger partial charge on any atom is 0.272 e. The molecule has 0 saturated carbocycles. The zero-order chi connectivity index (χ0) is 20.8. The molecule has 0 aliphatic heterocycles. The van der Waals surface area contributed by atoms with Crippen molar-refractivity contribution in [2.45, 2.75) is 24.8 Å². The van der Waals surface area contributed by atoms with Gasteiger partial charge in [0, 0.05) is 22.7 Å². The van der Waals surface area contributed by atoms with E-state index in [4.69, 9.17) is 0 Å². The van der Waals surface area contributed by atoms with Gasteiger partial charge in [0.15, 0.2) is 5.16 Å². The molecule has 0 unspecified atom stereocenters. The Labute approximate surface area is 171 Å². The Morgan fingerprint density at radius 1 is 0.931 bits per heavy atom. The molecule has 29 heavy (non-hydrogen) atoms. The van der Waals surface area contributed by atoms with Crippen LogP contribution in [0.5, 0.6) is 0 Å². The van der Waals surface area contributed by atoms with Crippen LogP contribution in [0.25, 0.3) is 0 Å². The van der Waals surface area contributed by atoms with Gasteiger partial charge < -0.3 is 0 Å². The zero-order valence-corrected chi connectivity index (χ0v) is 16.7. The van der Waals surface area contributed by atoms with E-state index in [1.165, 1.54) is 30.0 Å². The number of hydrogen-bond acceptors (Lipinski definition) is 5. The number of nitrogens with one attached hydrogen (secondary N) is 2. The molecule has 2 N–H and O–H groups in total. The largest absolute Gasteiger partial charge is 0.272 e. The van der Waals surface area contributed by atoms with E-state index in [1.54, 1.807) is 18.2 Å². The Hall–Kier alpha value is -3.26. The van der Waals surface area contributed by atoms with Crippen molar-refractivity contribution in [1.82, 2.24) is 20.8 Å². The van der Waals surface area contributed by atoms with E-state index in [2.05, 4.69) is 20.8 Å². The summed E-state index contributed by atoms with van der Waals surface area (Å²) in [6.45, 7) is 3.86. The highest BCUT2D eigenvalue weighted by atomic mass is 32.2. The average molecular weight is 410 g/mol. The number of thioether (sulfide) groups is 1. The number of carbonyl (C=O) groups is 2. The summed E-state index contributed by atoms with van der Waals surface area (Å²) in [7, 11) is 0. The molecule has 1 heterocycles. The van der Waals surface area contributed by atoms with E-state index in [1.807, 2.05) is 32.0 Å². The molecule has 0 bridgehead atoms. The van der Waals surface area contributed by atoms with Gasteiger partial charge in [0.2, 0.25) is 0 Å². The van der Waals surface area contributed by atoms with Crippen LogP contribution < -0.4 is 10.9 Å². The molecule has 2 amide bonds. The molecule has 0 saturated heterocycles. The fourth-order valence-electron chi connectivity index (χ4n) is 2.56. The highest BCUT2D eigenvalue weighted by Crippen LogP contribution is 2.20. The first-order chi connectivity index (χ1) is 13.9. The summed E-state index contributed by atoms with van der Waals surface area (Å²) in [5.41, 5.74) is 7.57. The molecule has 0 fully saturated rings. The predicted octanol–water partition coefficient (Wildman–Crippen LogP) is 3.60. The summed E-state index contributed by atoms with van der Waals surface area (Å²) in [4.78, 5) is 32.9. The molecular formula is C21H19FN4O2S. The third-order valence-electron chi connectivity index (χ3n) is 3.95. The van der Waals surface area contributed by atoms with Crippen LogP contribution in [-0.4, -0.2) is 21.8 Å². The van der Waals surface area contributed by atoms with Crippen LogP contribution in [0.3, 0.4) is 0 Å². The lowest BCUT2D eigenvalue weighted by atomic mass is 10.1. The second-order valence-corrected chi connectivity index (χ2v) is 7.25. The maximum absolute atomic E-state index is 13.6. The molecule has 6 nitrogen and oxygen atoms in total. The van der Waals surface area contributed by atoms with Gasteiger partial charge in [-0.15, -0.1) is 0 Å². The van der Waals surface area contributed by atoms with Crippen molar-refractivity contribution in [3.05, 3.63) is 88.5 Å². The number of carbonyl (C=O) groups excluding carboxylic acids is 2. The van der Waals surface area contributed by atoms with Crippen LogP contribution in [0.15, 0.2) is 59.8 Å². The first kappa shape index (κ1) is 20.5. The molecule has 3 rings (SSSR count). The van der Waals surface area contributed by atoms with Gasteiger partial charge in [-0.25, -0.2) is 14.4 Å². The van der Waals surface area contributed by atoms with E-state index in [9.17, 15) is 14.0 Å². The molecule has 148 valence electrons. The van der Waals surface area contributed by atoms with Crippen molar-refractivity contribution in [2.24, 2.45) is 0 Å². The molecule has 2 aromatic carbocycles. The van der Waals surface area contributed by atoms with Gasteiger partial charge in [-0.1, -0.05) is 36.0 Å². The smallest absolute Gasteiger partial charge is 0.267 e. The molecule has 1 aromatic heterocycles. The van der Waals surface area contributed by atoms with Gasteiger partial charge in [0.25, 0.3) is 11.8 Å². The number of hydrazine groups is 1. The van der Waals surface area contributed by atoms with Gasteiger partial charge in [-0.2, -0.15) is 0 Å². The molecule has 3 aromatic rings. The second-order valence-electron chi connectivity index (χ2n) is 6.31. The molecule has 0 aliphatic carbocycles. The van der Waals surface area contributed by atoms with Crippen molar-refractivity contribution in [3.63, 3.8) is 0 Å². The molecule has 0 spiro atoms. The Balaban J connectivity index is 1.54. The molecule has 0 atom stereocenters. The average Bonchev–Trinajstić information content (AvgIpc) is 2.70. The van der Waals surface area contributed by atoms with Crippen molar-refractivity contribution in [1.29, 1.82) is 0 Å². The van der Waals surface area contributed by atoms with E-state index in [0.717, 1.165) is 17.0 Å². The van der Waals surface area contributed by atoms with Crippen LogP contribution in [0, 0.1) is 19.7 Å². The quantitative estimate of drug-likeness (QED) is 0.381. The zero-order valence-electron chi connectivity index (χ0n) is 15.9. The van der Waals surface area contributed by atoms with E-state index < -0.39 is 17.6 Å². The van der Waals surface area contributed by atoms with Crippen LogP contribution in [0.2, 0.25) is 0 Å². The van der Waals surface area contributed by atoms with Gasteiger partial charge in [0.1, 0.15) is 5.82 Å². The highest BCUT2D eigenvalue weighted by molar-refractivity contribution is 7.98. The fraction of sp³-hybridized carbons (Fsp3) is 0.143. The number of aryl methyl sites for hydroxylation is 2. The summed E-state index contributed by atoms with van der Waals surface area (Å²) >= 11 is 1.51. The number of nitrogens with zero attached hydrogens (tertiary/aromatic N) is 2. The first-order valence-corrected chi connectivity index (χ1v) is 9.80. The lowest BCUT2D eigenvalue weighted by molar-refractivity contribution is 0.0844. The summed E-state index contributed by atoms with van der Waals surface area (Å²) in [6.07, 6.45) is 0. The summed E-state index contributed by atoms with van der Waals surface area (Å²) < 4.78 is 13.6. The normalized spacial score (nSPS) is 10.4. The molecule has 8 heteroatoms. The van der Waals surface area contributed by atoms with E-state index >= 15 is 0 Å². The Morgan fingerprint density at radius 2 is 1.55 bits per heavy atom. The van der Waals surface area contributed by atoms with Crippen molar-refractivity contribution >= 4 is 23.6 Å². The van der Waals surface area contributed by atoms with Crippen LogP contribution in [-0.2, 0) is 5.75 Å². The number of amides is 2. The summed E-state index contributed by atoms with van der Waals surface area (Å²) in [5, 5.41) is 0.708. The van der Waals surface area contributed by atoms with Crippen molar-refractivity contribution in [2.75, 3.05) is 0 Å². The Morgan fingerprint density at radius 3 is 2.21 bits per heavy atom. The summed E-state index contributed by atoms with van der Waals surface area (Å²) in [5.74, 6) is -1.22. The topological polar surface area (TPSA) is 84.0 Å². The lowest BCUT2D eigenvalue weighted by Gasteiger charge is -2.08.